The highest BCUT2D eigenvalue weighted by Crippen LogP contribution is 2.49. The van der Waals surface area contributed by atoms with Gasteiger partial charge in [-0.1, -0.05) is 18.2 Å². The molecule has 1 aromatic heterocycles. The molecule has 0 radical (unpaired) electrons. The number of carbonyl (C=O) groups excluding carboxylic acids is 2. The van der Waals surface area contributed by atoms with E-state index in [-0.39, 0.29) is 17.9 Å². The highest BCUT2D eigenvalue weighted by Gasteiger charge is 2.55. The van der Waals surface area contributed by atoms with E-state index in [9.17, 15) is 9.59 Å². The first-order valence-corrected chi connectivity index (χ1v) is 9.62. The molecule has 5 heteroatoms. The number of aromatic nitrogens is 1. The number of rotatable bonds is 3. The molecule has 0 bridgehead atoms. The number of para-hydroxylation sites is 1. The summed E-state index contributed by atoms with van der Waals surface area (Å²) in [4.78, 5) is 27.9. The molecule has 0 saturated carbocycles. The number of benzene rings is 1. The number of carbonyl (C=O) groups is 2. The molecule has 2 aliphatic rings. The minimum atomic E-state index is -0.787. The van der Waals surface area contributed by atoms with E-state index in [1.54, 1.807) is 0 Å². The van der Waals surface area contributed by atoms with Gasteiger partial charge in [-0.25, -0.2) is 4.79 Å². The van der Waals surface area contributed by atoms with Crippen LogP contribution >= 0.6 is 0 Å². The lowest BCUT2D eigenvalue weighted by Crippen LogP contribution is -2.53. The summed E-state index contributed by atoms with van der Waals surface area (Å²) in [6, 6.07) is 8.20. The Balaban J connectivity index is 1.82. The predicted molar refractivity (Wildman–Crippen MR) is 99.6 cm³/mol. The Labute approximate surface area is 153 Å². The van der Waals surface area contributed by atoms with Crippen molar-refractivity contribution in [2.45, 2.75) is 57.0 Å². The highest BCUT2D eigenvalue weighted by molar-refractivity contribution is 5.91. The summed E-state index contributed by atoms with van der Waals surface area (Å²) >= 11 is 0. The van der Waals surface area contributed by atoms with Crippen LogP contribution in [-0.2, 0) is 21.4 Å². The second-order valence-corrected chi connectivity index (χ2v) is 7.49. The summed E-state index contributed by atoms with van der Waals surface area (Å²) < 4.78 is 7.54. The Morgan fingerprint density at radius 1 is 1.27 bits per heavy atom. The van der Waals surface area contributed by atoms with Crippen LogP contribution in [-0.4, -0.2) is 33.5 Å². The van der Waals surface area contributed by atoms with Crippen molar-refractivity contribution in [2.75, 3.05) is 6.61 Å². The van der Waals surface area contributed by atoms with Crippen molar-refractivity contribution in [3.8, 4) is 0 Å². The van der Waals surface area contributed by atoms with Crippen LogP contribution in [0.5, 0.6) is 0 Å². The maximum atomic E-state index is 13.0. The predicted octanol–water partition coefficient (Wildman–Crippen LogP) is 3.72. The third kappa shape index (κ3) is 2.44. The fraction of sp³-hybridized carbons (Fsp3) is 0.524. The van der Waals surface area contributed by atoms with Gasteiger partial charge in [0.15, 0.2) is 0 Å². The summed E-state index contributed by atoms with van der Waals surface area (Å²) in [5.41, 5.74) is 1.51. The molecule has 1 aromatic carbocycles. The van der Waals surface area contributed by atoms with Crippen LogP contribution in [0.4, 0.5) is 0 Å². The van der Waals surface area contributed by atoms with Gasteiger partial charge in [0.05, 0.1) is 12.6 Å². The molecular weight excluding hydrogens is 328 g/mol. The maximum Gasteiger partial charge on any atom is 0.332 e. The lowest BCUT2D eigenvalue weighted by Gasteiger charge is -2.38. The van der Waals surface area contributed by atoms with Crippen molar-refractivity contribution >= 4 is 22.8 Å². The van der Waals surface area contributed by atoms with Crippen molar-refractivity contribution < 1.29 is 14.3 Å². The minimum Gasteiger partial charge on any atom is -0.464 e. The molecule has 2 saturated heterocycles. The Kier molecular flexibility index (Phi) is 4.25. The van der Waals surface area contributed by atoms with Gasteiger partial charge in [-0.15, -0.1) is 0 Å². The molecule has 2 aliphatic heterocycles. The zero-order valence-corrected chi connectivity index (χ0v) is 15.5. The van der Waals surface area contributed by atoms with E-state index in [1.807, 2.05) is 31.0 Å². The van der Waals surface area contributed by atoms with Gasteiger partial charge in [-0.05, 0) is 45.1 Å². The molecule has 0 aliphatic carbocycles. The number of fused-ring (bicyclic) bond motifs is 2. The molecule has 138 valence electrons. The summed E-state index contributed by atoms with van der Waals surface area (Å²) in [7, 11) is 2.03. The molecule has 2 aromatic rings. The third-order valence-electron chi connectivity index (χ3n) is 6.05. The molecule has 1 unspecified atom stereocenters. The summed E-state index contributed by atoms with van der Waals surface area (Å²) in [6.07, 6.45) is 6.57. The fourth-order valence-electron chi connectivity index (χ4n) is 4.90. The number of hydrogen-bond acceptors (Lipinski definition) is 3. The lowest BCUT2D eigenvalue weighted by molar-refractivity contribution is -0.163. The van der Waals surface area contributed by atoms with Gasteiger partial charge in [0.2, 0.25) is 5.91 Å². The number of esters is 1. The molecule has 0 N–H and O–H groups in total. The molecule has 26 heavy (non-hydrogen) atoms. The monoisotopic (exact) mass is 354 g/mol. The van der Waals surface area contributed by atoms with Crippen molar-refractivity contribution in [1.29, 1.82) is 0 Å². The van der Waals surface area contributed by atoms with E-state index in [0.717, 1.165) is 35.7 Å². The molecule has 5 nitrogen and oxygen atoms in total. The SMILES string of the molecule is CCOC(=O)[C@]12CCCCC(=O)N1C(c1cn(C)c3ccccc13)CC2. The molecule has 0 spiro atoms. The molecule has 4 rings (SSSR count). The van der Waals surface area contributed by atoms with Crippen LogP contribution in [0.1, 0.15) is 57.1 Å². The highest BCUT2D eigenvalue weighted by atomic mass is 16.5. The standard InChI is InChI=1S/C21H26N2O3/c1-3-26-20(25)21-12-7-6-10-19(24)23(21)18(11-13-21)16-14-22(2)17-9-5-4-8-15(16)17/h4-5,8-9,14,18H,3,6-7,10-13H2,1-2H3/t18?,21-/m1/s1. The van der Waals surface area contributed by atoms with Crippen LogP contribution < -0.4 is 0 Å². The van der Waals surface area contributed by atoms with E-state index < -0.39 is 5.54 Å². The quantitative estimate of drug-likeness (QED) is 0.790. The van der Waals surface area contributed by atoms with Crippen LogP contribution in [0.25, 0.3) is 10.9 Å². The van der Waals surface area contributed by atoms with E-state index in [2.05, 4.69) is 22.9 Å². The van der Waals surface area contributed by atoms with Gasteiger partial charge < -0.3 is 14.2 Å². The zero-order chi connectivity index (χ0) is 18.3. The first-order valence-electron chi connectivity index (χ1n) is 9.62. The number of nitrogens with zero attached hydrogens (tertiary/aromatic N) is 2. The largest absolute Gasteiger partial charge is 0.464 e. The van der Waals surface area contributed by atoms with E-state index in [4.69, 9.17) is 4.74 Å². The number of hydrogen-bond donors (Lipinski definition) is 0. The van der Waals surface area contributed by atoms with E-state index in [0.29, 0.717) is 25.9 Å². The molecule has 3 heterocycles. The minimum absolute atomic E-state index is 0.0592. The topological polar surface area (TPSA) is 51.5 Å². The van der Waals surface area contributed by atoms with Crippen molar-refractivity contribution in [3.63, 3.8) is 0 Å². The summed E-state index contributed by atoms with van der Waals surface area (Å²) in [5, 5.41) is 1.16. The third-order valence-corrected chi connectivity index (χ3v) is 6.05. The molecular formula is C21H26N2O3. The van der Waals surface area contributed by atoms with Gasteiger partial charge in [0.1, 0.15) is 5.54 Å². The Hall–Kier alpha value is -2.30. The first-order chi connectivity index (χ1) is 12.6. The normalized spacial score (nSPS) is 26.0. The van der Waals surface area contributed by atoms with Crippen molar-refractivity contribution in [3.05, 3.63) is 36.0 Å². The molecule has 1 amide bonds. The lowest BCUT2D eigenvalue weighted by atomic mass is 9.91. The average molecular weight is 354 g/mol. The van der Waals surface area contributed by atoms with Crippen LogP contribution in [0.3, 0.4) is 0 Å². The fourth-order valence-corrected chi connectivity index (χ4v) is 4.90. The van der Waals surface area contributed by atoms with Gasteiger partial charge in [-0.3, -0.25) is 4.79 Å². The Morgan fingerprint density at radius 3 is 2.88 bits per heavy atom. The Bertz CT molecular complexity index is 856. The van der Waals surface area contributed by atoms with Crippen LogP contribution in [0.2, 0.25) is 0 Å². The van der Waals surface area contributed by atoms with Crippen molar-refractivity contribution in [1.82, 2.24) is 9.47 Å². The van der Waals surface area contributed by atoms with Gasteiger partial charge in [-0.2, -0.15) is 0 Å². The number of ether oxygens (including phenoxy) is 1. The average Bonchev–Trinajstić information content (AvgIpc) is 3.13. The van der Waals surface area contributed by atoms with Gasteiger partial charge >= 0.3 is 5.97 Å². The first kappa shape index (κ1) is 17.1. The van der Waals surface area contributed by atoms with E-state index in [1.165, 1.54) is 0 Å². The molecule has 2 atom stereocenters. The van der Waals surface area contributed by atoms with E-state index >= 15 is 0 Å². The second kappa shape index (κ2) is 6.45. The van der Waals surface area contributed by atoms with Crippen molar-refractivity contribution in [2.24, 2.45) is 7.05 Å². The van der Waals surface area contributed by atoms with Crippen LogP contribution in [0, 0.1) is 0 Å². The van der Waals surface area contributed by atoms with Crippen LogP contribution in [0.15, 0.2) is 30.5 Å². The molecule has 2 fully saturated rings. The smallest absolute Gasteiger partial charge is 0.332 e. The Morgan fingerprint density at radius 2 is 2.08 bits per heavy atom. The number of amides is 1. The van der Waals surface area contributed by atoms with Gasteiger partial charge in [0, 0.05) is 36.1 Å². The van der Waals surface area contributed by atoms with Gasteiger partial charge in [0.25, 0.3) is 0 Å². The summed E-state index contributed by atoms with van der Waals surface area (Å²) in [5.74, 6) is -0.135. The maximum absolute atomic E-state index is 13.0. The zero-order valence-electron chi connectivity index (χ0n) is 15.5. The summed E-state index contributed by atoms with van der Waals surface area (Å²) in [6.45, 7) is 2.18. The second-order valence-electron chi connectivity index (χ2n) is 7.49. The number of aryl methyl sites for hydroxylation is 1.